The van der Waals surface area contributed by atoms with Crippen LogP contribution in [0.2, 0.25) is 5.02 Å². The molecule has 0 amide bonds. The summed E-state index contributed by atoms with van der Waals surface area (Å²) in [6.45, 7) is 2.03. The largest absolute Gasteiger partial charge is 0.353 e. The van der Waals surface area contributed by atoms with Crippen LogP contribution in [0.4, 0.5) is 5.82 Å². The third-order valence-electron chi connectivity index (χ3n) is 2.38. The first-order chi connectivity index (χ1) is 6.29. The summed E-state index contributed by atoms with van der Waals surface area (Å²) >= 11 is 6.02. The van der Waals surface area contributed by atoms with Crippen molar-refractivity contribution >= 4 is 17.4 Å². The molecule has 13 heavy (non-hydrogen) atoms. The zero-order chi connectivity index (χ0) is 9.26. The first kappa shape index (κ1) is 8.78. The lowest BCUT2D eigenvalue weighted by atomic mass is 10.1. The second-order valence-electron chi connectivity index (χ2n) is 3.23. The van der Waals surface area contributed by atoms with Gasteiger partial charge in [-0.3, -0.25) is 0 Å². The van der Waals surface area contributed by atoms with Crippen molar-refractivity contribution in [2.75, 3.05) is 25.0 Å². The second-order valence-corrected chi connectivity index (χ2v) is 3.64. The molecule has 1 aliphatic rings. The number of halogens is 1. The zero-order valence-electron chi connectivity index (χ0n) is 7.50. The summed E-state index contributed by atoms with van der Waals surface area (Å²) in [6.07, 6.45) is 1.77. The summed E-state index contributed by atoms with van der Waals surface area (Å²) in [6, 6.07) is 4.25. The van der Waals surface area contributed by atoms with Gasteiger partial charge in [0.1, 0.15) is 5.82 Å². The van der Waals surface area contributed by atoms with Gasteiger partial charge in [-0.25, -0.2) is 4.98 Å². The number of pyridine rings is 1. The highest BCUT2D eigenvalue weighted by Crippen LogP contribution is 2.23. The van der Waals surface area contributed by atoms with E-state index in [-0.39, 0.29) is 0 Å². The minimum Gasteiger partial charge on any atom is -0.353 e. The van der Waals surface area contributed by atoms with E-state index in [1.807, 2.05) is 19.2 Å². The molecule has 0 saturated carbocycles. The van der Waals surface area contributed by atoms with Crippen LogP contribution in [0.15, 0.2) is 18.3 Å². The average Bonchev–Trinajstić information content (AvgIpc) is 2.01. The molecule has 0 bridgehead atoms. The van der Waals surface area contributed by atoms with Gasteiger partial charge < -0.3 is 10.2 Å². The number of hydrogen-bond donors (Lipinski definition) is 1. The highest BCUT2D eigenvalue weighted by molar-refractivity contribution is 6.32. The average molecular weight is 198 g/mol. The Labute approximate surface area is 82.7 Å². The minimum atomic E-state index is 0.535. The van der Waals surface area contributed by atoms with E-state index < -0.39 is 0 Å². The number of nitrogens with one attached hydrogen (secondary N) is 1. The smallest absolute Gasteiger partial charge is 0.147 e. The Kier molecular flexibility index (Phi) is 2.38. The van der Waals surface area contributed by atoms with Gasteiger partial charge in [0.2, 0.25) is 0 Å². The van der Waals surface area contributed by atoms with Crippen LogP contribution in [-0.2, 0) is 0 Å². The maximum Gasteiger partial charge on any atom is 0.147 e. The number of hydrogen-bond acceptors (Lipinski definition) is 3. The summed E-state index contributed by atoms with van der Waals surface area (Å²) in [5.41, 5.74) is 0. The van der Waals surface area contributed by atoms with E-state index in [1.165, 1.54) is 0 Å². The Hall–Kier alpha value is -0.800. The van der Waals surface area contributed by atoms with Crippen molar-refractivity contribution in [1.82, 2.24) is 10.3 Å². The van der Waals surface area contributed by atoms with Crippen LogP contribution in [0, 0.1) is 0 Å². The SMILES string of the molecule is CN(c1ncccc1Cl)C1CNC1. The third-order valence-corrected chi connectivity index (χ3v) is 2.68. The molecule has 4 heteroatoms. The van der Waals surface area contributed by atoms with Gasteiger partial charge in [-0.05, 0) is 12.1 Å². The molecule has 0 aliphatic carbocycles. The molecule has 2 heterocycles. The van der Waals surface area contributed by atoms with Gasteiger partial charge in [0.15, 0.2) is 0 Å². The van der Waals surface area contributed by atoms with Gasteiger partial charge >= 0.3 is 0 Å². The summed E-state index contributed by atoms with van der Waals surface area (Å²) in [7, 11) is 2.03. The molecule has 3 nitrogen and oxygen atoms in total. The quantitative estimate of drug-likeness (QED) is 0.771. The van der Waals surface area contributed by atoms with E-state index in [1.54, 1.807) is 6.20 Å². The lowest BCUT2D eigenvalue weighted by Gasteiger charge is -2.36. The summed E-state index contributed by atoms with van der Waals surface area (Å²) < 4.78 is 0. The second kappa shape index (κ2) is 3.52. The van der Waals surface area contributed by atoms with E-state index in [4.69, 9.17) is 11.6 Å². The van der Waals surface area contributed by atoms with Gasteiger partial charge in [-0.15, -0.1) is 0 Å². The molecule has 0 radical (unpaired) electrons. The van der Waals surface area contributed by atoms with E-state index in [0.29, 0.717) is 6.04 Å². The Bertz CT molecular complexity index is 299. The van der Waals surface area contributed by atoms with Gasteiger partial charge in [0.05, 0.1) is 11.1 Å². The molecule has 1 aliphatic heterocycles. The molecular formula is C9H12ClN3. The topological polar surface area (TPSA) is 28.2 Å². The highest BCUT2D eigenvalue weighted by Gasteiger charge is 2.23. The van der Waals surface area contributed by atoms with Gasteiger partial charge in [0, 0.05) is 26.3 Å². The molecule has 70 valence electrons. The molecule has 1 N–H and O–H groups in total. The number of rotatable bonds is 2. The minimum absolute atomic E-state index is 0.535. The fourth-order valence-electron chi connectivity index (χ4n) is 1.36. The van der Waals surface area contributed by atoms with Crippen LogP contribution in [0.3, 0.4) is 0 Å². The maximum atomic E-state index is 6.02. The predicted molar refractivity (Wildman–Crippen MR) is 54.3 cm³/mol. The van der Waals surface area contributed by atoms with Gasteiger partial charge in [-0.1, -0.05) is 11.6 Å². The molecule has 2 rings (SSSR count). The van der Waals surface area contributed by atoms with Crippen molar-refractivity contribution in [3.05, 3.63) is 23.4 Å². The van der Waals surface area contributed by atoms with E-state index >= 15 is 0 Å². The van der Waals surface area contributed by atoms with Crippen molar-refractivity contribution in [2.45, 2.75) is 6.04 Å². The van der Waals surface area contributed by atoms with Crippen LogP contribution in [0.5, 0.6) is 0 Å². The van der Waals surface area contributed by atoms with E-state index in [2.05, 4.69) is 15.2 Å². The Morgan fingerprint density at radius 2 is 2.38 bits per heavy atom. The van der Waals surface area contributed by atoms with Crippen LogP contribution in [0.25, 0.3) is 0 Å². The third kappa shape index (κ3) is 1.62. The molecule has 1 aromatic heterocycles. The Morgan fingerprint density at radius 3 is 2.92 bits per heavy atom. The first-order valence-corrected chi connectivity index (χ1v) is 4.71. The molecule has 1 saturated heterocycles. The number of nitrogens with zero attached hydrogens (tertiary/aromatic N) is 2. The van der Waals surface area contributed by atoms with Crippen LogP contribution in [0.1, 0.15) is 0 Å². The number of anilines is 1. The molecule has 0 aromatic carbocycles. The lowest BCUT2D eigenvalue weighted by molar-refractivity contribution is 0.427. The molecule has 1 fully saturated rings. The number of aromatic nitrogens is 1. The van der Waals surface area contributed by atoms with Gasteiger partial charge in [-0.2, -0.15) is 0 Å². The fraction of sp³-hybridized carbons (Fsp3) is 0.444. The lowest BCUT2D eigenvalue weighted by Crippen LogP contribution is -2.56. The van der Waals surface area contributed by atoms with Crippen LogP contribution in [-0.4, -0.2) is 31.2 Å². The monoisotopic (exact) mass is 197 g/mol. The van der Waals surface area contributed by atoms with Crippen molar-refractivity contribution in [1.29, 1.82) is 0 Å². The highest BCUT2D eigenvalue weighted by atomic mass is 35.5. The molecular weight excluding hydrogens is 186 g/mol. The molecule has 0 atom stereocenters. The Morgan fingerprint density at radius 1 is 1.62 bits per heavy atom. The molecule has 0 unspecified atom stereocenters. The summed E-state index contributed by atoms with van der Waals surface area (Å²) in [5, 5.41) is 3.94. The van der Waals surface area contributed by atoms with Crippen LogP contribution >= 0.6 is 11.6 Å². The maximum absolute atomic E-state index is 6.02. The van der Waals surface area contributed by atoms with Gasteiger partial charge in [0.25, 0.3) is 0 Å². The summed E-state index contributed by atoms with van der Waals surface area (Å²) in [4.78, 5) is 6.37. The normalized spacial score (nSPS) is 16.8. The van der Waals surface area contributed by atoms with Crippen molar-refractivity contribution in [3.8, 4) is 0 Å². The van der Waals surface area contributed by atoms with Crippen molar-refractivity contribution in [2.24, 2.45) is 0 Å². The standard InChI is InChI=1S/C9H12ClN3/c1-13(7-5-11-6-7)9-8(10)3-2-4-12-9/h2-4,7,11H,5-6H2,1H3. The zero-order valence-corrected chi connectivity index (χ0v) is 8.25. The molecule has 1 aromatic rings. The number of likely N-dealkylation sites (N-methyl/N-ethyl adjacent to an activating group) is 1. The van der Waals surface area contributed by atoms with Crippen molar-refractivity contribution < 1.29 is 0 Å². The summed E-state index contributed by atoms with van der Waals surface area (Å²) in [5.74, 6) is 0.871. The van der Waals surface area contributed by atoms with Crippen molar-refractivity contribution in [3.63, 3.8) is 0 Å². The molecule has 0 spiro atoms. The van der Waals surface area contributed by atoms with E-state index in [0.717, 1.165) is 23.9 Å². The first-order valence-electron chi connectivity index (χ1n) is 4.33. The fourth-order valence-corrected chi connectivity index (χ4v) is 1.61. The van der Waals surface area contributed by atoms with Crippen LogP contribution < -0.4 is 10.2 Å². The Balaban J connectivity index is 2.18. The predicted octanol–water partition coefficient (Wildman–Crippen LogP) is 1.14. The van der Waals surface area contributed by atoms with E-state index in [9.17, 15) is 0 Å².